The number of nitrogens with zero attached hydrogens (tertiary/aromatic N) is 1. The van der Waals surface area contributed by atoms with Crippen LogP contribution in [-0.4, -0.2) is 16.9 Å². The first-order valence-electron chi connectivity index (χ1n) is 6.72. The second-order valence-electron chi connectivity index (χ2n) is 5.00. The molecular weight excluding hydrogens is 226 g/mol. The Hall–Kier alpha value is -1.58. The number of carbonyl (C=O) groups is 1. The maximum absolute atomic E-state index is 12.2. The van der Waals surface area contributed by atoms with Crippen molar-refractivity contribution < 1.29 is 4.79 Å². The molecule has 2 rings (SSSR count). The molecule has 2 unspecified atom stereocenters. The van der Waals surface area contributed by atoms with Gasteiger partial charge in [-0.05, 0) is 24.8 Å². The number of hydrogen-bond donors (Lipinski definition) is 2. The van der Waals surface area contributed by atoms with E-state index in [2.05, 4.69) is 17.2 Å². The Morgan fingerprint density at radius 2 is 2.28 bits per heavy atom. The van der Waals surface area contributed by atoms with E-state index in [4.69, 9.17) is 5.73 Å². The molecule has 1 amide bonds. The summed E-state index contributed by atoms with van der Waals surface area (Å²) in [5.41, 5.74) is 6.75. The summed E-state index contributed by atoms with van der Waals surface area (Å²) >= 11 is 0. The van der Waals surface area contributed by atoms with Gasteiger partial charge in [-0.15, -0.1) is 0 Å². The number of amides is 1. The highest BCUT2D eigenvalue weighted by Gasteiger charge is 2.25. The summed E-state index contributed by atoms with van der Waals surface area (Å²) < 4.78 is 0. The molecule has 0 aromatic carbocycles. The molecule has 1 aromatic rings. The molecule has 0 bridgehead atoms. The van der Waals surface area contributed by atoms with Crippen molar-refractivity contribution in [1.29, 1.82) is 0 Å². The summed E-state index contributed by atoms with van der Waals surface area (Å²) in [6.45, 7) is 2.19. The summed E-state index contributed by atoms with van der Waals surface area (Å²) in [5, 5.41) is 3.13. The molecule has 0 saturated heterocycles. The first kappa shape index (κ1) is 12.9. The van der Waals surface area contributed by atoms with Crippen LogP contribution in [0.3, 0.4) is 0 Å². The average Bonchev–Trinajstić information content (AvgIpc) is 2.39. The minimum absolute atomic E-state index is 0.0692. The van der Waals surface area contributed by atoms with Crippen LogP contribution in [0.4, 0.5) is 5.69 Å². The number of pyridine rings is 1. The Morgan fingerprint density at radius 3 is 3.00 bits per heavy atom. The van der Waals surface area contributed by atoms with Gasteiger partial charge in [-0.25, -0.2) is 0 Å². The van der Waals surface area contributed by atoms with E-state index in [0.29, 0.717) is 23.2 Å². The maximum Gasteiger partial charge on any atom is 0.253 e. The van der Waals surface area contributed by atoms with Crippen molar-refractivity contribution in [1.82, 2.24) is 10.3 Å². The fourth-order valence-corrected chi connectivity index (χ4v) is 2.75. The van der Waals surface area contributed by atoms with Crippen molar-refractivity contribution in [3.05, 3.63) is 24.0 Å². The highest BCUT2D eigenvalue weighted by molar-refractivity contribution is 5.99. The molecule has 1 aliphatic carbocycles. The predicted octanol–water partition coefficient (Wildman–Crippen LogP) is 2.36. The quantitative estimate of drug-likeness (QED) is 0.861. The molecule has 3 N–H and O–H groups in total. The normalized spacial score (nSPS) is 23.6. The zero-order chi connectivity index (χ0) is 13.0. The van der Waals surface area contributed by atoms with Crippen LogP contribution >= 0.6 is 0 Å². The number of nitrogens with one attached hydrogen (secondary N) is 1. The van der Waals surface area contributed by atoms with E-state index in [1.165, 1.54) is 25.5 Å². The second-order valence-corrected chi connectivity index (χ2v) is 5.00. The molecule has 98 valence electrons. The molecule has 1 heterocycles. The van der Waals surface area contributed by atoms with Gasteiger partial charge in [0.05, 0.1) is 17.4 Å². The SMILES string of the molecule is CCC1CCCCC1NC(=O)c1ccncc1N. The van der Waals surface area contributed by atoms with Crippen LogP contribution in [0.5, 0.6) is 0 Å². The first-order valence-corrected chi connectivity index (χ1v) is 6.72. The van der Waals surface area contributed by atoms with Gasteiger partial charge in [-0.2, -0.15) is 0 Å². The molecule has 0 radical (unpaired) electrons. The zero-order valence-corrected chi connectivity index (χ0v) is 10.9. The third-order valence-corrected chi connectivity index (χ3v) is 3.85. The van der Waals surface area contributed by atoms with E-state index in [0.717, 1.165) is 12.8 Å². The Bertz CT molecular complexity index is 419. The van der Waals surface area contributed by atoms with Crippen molar-refractivity contribution in [2.75, 3.05) is 5.73 Å². The van der Waals surface area contributed by atoms with Crippen molar-refractivity contribution in [3.63, 3.8) is 0 Å². The van der Waals surface area contributed by atoms with Crippen molar-refractivity contribution in [2.24, 2.45) is 5.92 Å². The lowest BCUT2D eigenvalue weighted by molar-refractivity contribution is 0.0905. The third-order valence-electron chi connectivity index (χ3n) is 3.85. The van der Waals surface area contributed by atoms with Gasteiger partial charge in [0.1, 0.15) is 0 Å². The largest absolute Gasteiger partial charge is 0.397 e. The number of aromatic nitrogens is 1. The van der Waals surface area contributed by atoms with Gasteiger partial charge in [-0.3, -0.25) is 9.78 Å². The molecule has 0 spiro atoms. The zero-order valence-electron chi connectivity index (χ0n) is 10.9. The van der Waals surface area contributed by atoms with Crippen LogP contribution in [0.1, 0.15) is 49.4 Å². The van der Waals surface area contributed by atoms with Crippen LogP contribution in [-0.2, 0) is 0 Å². The predicted molar refractivity (Wildman–Crippen MR) is 72.2 cm³/mol. The third kappa shape index (κ3) is 2.81. The van der Waals surface area contributed by atoms with Gasteiger partial charge >= 0.3 is 0 Å². The summed E-state index contributed by atoms with van der Waals surface area (Å²) in [5.74, 6) is 0.533. The maximum atomic E-state index is 12.2. The molecule has 0 aliphatic heterocycles. The van der Waals surface area contributed by atoms with Gasteiger partial charge in [0.2, 0.25) is 0 Å². The van der Waals surface area contributed by atoms with Crippen LogP contribution in [0.2, 0.25) is 0 Å². The van der Waals surface area contributed by atoms with Crippen molar-refractivity contribution in [2.45, 2.75) is 45.1 Å². The molecule has 4 heteroatoms. The van der Waals surface area contributed by atoms with Crippen LogP contribution in [0, 0.1) is 5.92 Å². The fourth-order valence-electron chi connectivity index (χ4n) is 2.75. The smallest absolute Gasteiger partial charge is 0.253 e. The molecule has 18 heavy (non-hydrogen) atoms. The molecule has 4 nitrogen and oxygen atoms in total. The van der Waals surface area contributed by atoms with Gasteiger partial charge in [0.15, 0.2) is 0 Å². The first-order chi connectivity index (χ1) is 8.72. The fraction of sp³-hybridized carbons (Fsp3) is 0.571. The van der Waals surface area contributed by atoms with E-state index in [9.17, 15) is 4.79 Å². The van der Waals surface area contributed by atoms with Gasteiger partial charge in [0, 0.05) is 12.2 Å². The second kappa shape index (κ2) is 5.85. The summed E-state index contributed by atoms with van der Waals surface area (Å²) in [4.78, 5) is 16.1. The Balaban J connectivity index is 2.04. The summed E-state index contributed by atoms with van der Waals surface area (Å²) in [6, 6.07) is 1.97. The van der Waals surface area contributed by atoms with E-state index in [1.807, 2.05) is 0 Å². The van der Waals surface area contributed by atoms with Gasteiger partial charge in [-0.1, -0.05) is 26.2 Å². The van der Waals surface area contributed by atoms with Crippen LogP contribution in [0.15, 0.2) is 18.5 Å². The number of rotatable bonds is 3. The number of nitrogens with two attached hydrogens (primary N) is 1. The number of carbonyl (C=O) groups excluding carboxylic acids is 1. The van der Waals surface area contributed by atoms with Gasteiger partial charge < -0.3 is 11.1 Å². The Morgan fingerprint density at radius 1 is 1.50 bits per heavy atom. The molecule has 1 fully saturated rings. The van der Waals surface area contributed by atoms with Crippen LogP contribution in [0.25, 0.3) is 0 Å². The Kier molecular flexibility index (Phi) is 4.18. The minimum atomic E-state index is -0.0692. The molecule has 1 aromatic heterocycles. The molecule has 2 atom stereocenters. The lowest BCUT2D eigenvalue weighted by atomic mass is 9.83. The van der Waals surface area contributed by atoms with Crippen molar-refractivity contribution >= 4 is 11.6 Å². The number of anilines is 1. The van der Waals surface area contributed by atoms with E-state index in [-0.39, 0.29) is 5.91 Å². The molecule has 1 saturated carbocycles. The number of nitrogen functional groups attached to an aromatic ring is 1. The Labute approximate surface area is 108 Å². The average molecular weight is 247 g/mol. The highest BCUT2D eigenvalue weighted by Crippen LogP contribution is 2.27. The monoisotopic (exact) mass is 247 g/mol. The van der Waals surface area contributed by atoms with E-state index in [1.54, 1.807) is 12.3 Å². The van der Waals surface area contributed by atoms with Gasteiger partial charge in [0.25, 0.3) is 5.91 Å². The topological polar surface area (TPSA) is 68.0 Å². The summed E-state index contributed by atoms with van der Waals surface area (Å²) in [7, 11) is 0. The number of hydrogen-bond acceptors (Lipinski definition) is 3. The van der Waals surface area contributed by atoms with E-state index < -0.39 is 0 Å². The highest BCUT2D eigenvalue weighted by atomic mass is 16.1. The van der Waals surface area contributed by atoms with Crippen LogP contribution < -0.4 is 11.1 Å². The minimum Gasteiger partial charge on any atom is -0.397 e. The lowest BCUT2D eigenvalue weighted by Gasteiger charge is -2.31. The molecule has 1 aliphatic rings. The molecular formula is C14H21N3O. The summed E-state index contributed by atoms with van der Waals surface area (Å²) in [6.07, 6.45) is 9.02. The van der Waals surface area contributed by atoms with Crippen molar-refractivity contribution in [3.8, 4) is 0 Å². The standard InChI is InChI=1S/C14H21N3O/c1-2-10-5-3-4-6-13(10)17-14(18)11-7-8-16-9-12(11)15/h7-10,13H,2-6,15H2,1H3,(H,17,18). The van der Waals surface area contributed by atoms with E-state index >= 15 is 0 Å². The lowest BCUT2D eigenvalue weighted by Crippen LogP contribution is -2.42.